The van der Waals surface area contributed by atoms with Gasteiger partial charge in [0.1, 0.15) is 0 Å². The van der Waals surface area contributed by atoms with Gasteiger partial charge in [-0.25, -0.2) is 0 Å². The van der Waals surface area contributed by atoms with Gasteiger partial charge >= 0.3 is 0 Å². The van der Waals surface area contributed by atoms with Crippen LogP contribution in [0.15, 0.2) is 182 Å². The highest BCUT2D eigenvalue weighted by molar-refractivity contribution is 5.50. The maximum Gasteiger partial charge on any atom is 0.0947 e. The van der Waals surface area contributed by atoms with Crippen molar-refractivity contribution < 1.29 is 0 Å². The predicted molar refractivity (Wildman–Crippen MR) is 219 cm³/mol. The summed E-state index contributed by atoms with van der Waals surface area (Å²) in [6, 6.07) is 65.1. The number of benzene rings is 6. The third-order valence-corrected chi connectivity index (χ3v) is 10.0. The van der Waals surface area contributed by atoms with Crippen molar-refractivity contribution in [2.75, 3.05) is 39.3 Å². The molecular weight excluding hydrogens is 633 g/mol. The van der Waals surface area contributed by atoms with Crippen molar-refractivity contribution in [2.24, 2.45) is 0 Å². The molecular formula is C48H54N4. The zero-order valence-electron chi connectivity index (χ0n) is 30.4. The lowest BCUT2D eigenvalue weighted by Crippen LogP contribution is -2.45. The van der Waals surface area contributed by atoms with Crippen molar-refractivity contribution in [3.8, 4) is 0 Å². The van der Waals surface area contributed by atoms with Crippen LogP contribution in [-0.4, -0.2) is 39.3 Å². The Hall–Kier alpha value is -4.84. The maximum absolute atomic E-state index is 4.00. The summed E-state index contributed by atoms with van der Waals surface area (Å²) in [6.07, 6.45) is 4.44. The summed E-state index contributed by atoms with van der Waals surface area (Å²) in [5, 5.41) is 15.4. The fourth-order valence-corrected chi connectivity index (χ4v) is 7.47. The molecule has 6 rings (SSSR count). The van der Waals surface area contributed by atoms with Crippen LogP contribution in [0, 0.1) is 0 Å². The van der Waals surface area contributed by atoms with Gasteiger partial charge in [-0.1, -0.05) is 182 Å². The molecule has 0 aliphatic carbocycles. The second-order valence-electron chi connectivity index (χ2n) is 13.5. The summed E-state index contributed by atoms with van der Waals surface area (Å²) in [4.78, 5) is 0. The highest BCUT2D eigenvalue weighted by Crippen LogP contribution is 2.38. The highest BCUT2D eigenvalue weighted by atomic mass is 15.0. The van der Waals surface area contributed by atoms with E-state index in [2.05, 4.69) is 203 Å². The Labute approximate surface area is 311 Å². The second-order valence-corrected chi connectivity index (χ2v) is 13.5. The van der Waals surface area contributed by atoms with Crippen LogP contribution in [0.3, 0.4) is 0 Å². The Morgan fingerprint density at radius 1 is 0.250 bits per heavy atom. The standard InChI is InChI=1S/C48H54N4/c1-7-23-41(24-8-1)47(42-25-9-2-10-26-42,43-27-11-3-12-28-43)51-39-21-37-49-35-19-20-36-50-38-22-40-52-48(44-29-13-4-14-30-44,45-31-15-5-16-32-45)46-33-17-6-18-34-46/h1-18,23-34,49-52H,19-22,35-40H2. The van der Waals surface area contributed by atoms with Gasteiger partial charge in [0, 0.05) is 0 Å². The first-order valence-electron chi connectivity index (χ1n) is 19.1. The van der Waals surface area contributed by atoms with Crippen LogP contribution in [0.2, 0.25) is 0 Å². The van der Waals surface area contributed by atoms with E-state index in [4.69, 9.17) is 0 Å². The first kappa shape index (κ1) is 36.9. The lowest BCUT2D eigenvalue weighted by Gasteiger charge is -2.37. The Bertz CT molecular complexity index is 1480. The molecule has 0 amide bonds. The molecule has 6 aromatic rings. The van der Waals surface area contributed by atoms with Gasteiger partial charge in [0.2, 0.25) is 0 Å². The van der Waals surface area contributed by atoms with E-state index in [0.717, 1.165) is 52.1 Å². The van der Waals surface area contributed by atoms with Crippen molar-refractivity contribution in [2.45, 2.75) is 36.8 Å². The normalized spacial score (nSPS) is 11.8. The largest absolute Gasteiger partial charge is 0.317 e. The molecule has 0 fully saturated rings. The molecule has 0 saturated heterocycles. The van der Waals surface area contributed by atoms with E-state index in [9.17, 15) is 0 Å². The van der Waals surface area contributed by atoms with Crippen LogP contribution in [-0.2, 0) is 11.1 Å². The monoisotopic (exact) mass is 686 g/mol. The molecule has 0 spiro atoms. The minimum Gasteiger partial charge on any atom is -0.317 e. The third kappa shape index (κ3) is 9.14. The Balaban J connectivity index is 0.926. The SMILES string of the molecule is c1ccc(C(NCCCNCCCCNCCCNC(c2ccccc2)(c2ccccc2)c2ccccc2)(c2ccccc2)c2ccccc2)cc1. The van der Waals surface area contributed by atoms with Gasteiger partial charge < -0.3 is 10.6 Å². The van der Waals surface area contributed by atoms with Crippen molar-refractivity contribution in [1.82, 2.24) is 21.3 Å². The van der Waals surface area contributed by atoms with E-state index < -0.39 is 11.1 Å². The minimum atomic E-state index is -0.406. The van der Waals surface area contributed by atoms with Gasteiger partial charge in [-0.2, -0.15) is 0 Å². The van der Waals surface area contributed by atoms with Crippen molar-refractivity contribution in [3.63, 3.8) is 0 Å². The first-order chi connectivity index (χ1) is 25.8. The van der Waals surface area contributed by atoms with Crippen LogP contribution in [0.1, 0.15) is 59.1 Å². The fourth-order valence-electron chi connectivity index (χ4n) is 7.47. The maximum atomic E-state index is 4.00. The van der Waals surface area contributed by atoms with Crippen LogP contribution in [0.25, 0.3) is 0 Å². The summed E-state index contributed by atoms with van der Waals surface area (Å²) in [6.45, 7) is 5.87. The molecule has 6 aromatic carbocycles. The average molecular weight is 687 g/mol. The average Bonchev–Trinajstić information content (AvgIpc) is 3.23. The van der Waals surface area contributed by atoms with E-state index in [1.807, 2.05) is 0 Å². The highest BCUT2D eigenvalue weighted by Gasteiger charge is 2.36. The first-order valence-corrected chi connectivity index (χ1v) is 19.1. The van der Waals surface area contributed by atoms with Gasteiger partial charge in [-0.3, -0.25) is 10.6 Å². The molecule has 4 N–H and O–H groups in total. The number of hydrogen-bond donors (Lipinski definition) is 4. The van der Waals surface area contributed by atoms with E-state index in [0.29, 0.717) is 0 Å². The molecule has 266 valence electrons. The van der Waals surface area contributed by atoms with E-state index in [1.165, 1.54) is 46.2 Å². The number of hydrogen-bond acceptors (Lipinski definition) is 4. The summed E-state index contributed by atoms with van der Waals surface area (Å²) in [5.41, 5.74) is 6.73. The Kier molecular flexibility index (Phi) is 14.0. The number of rotatable bonds is 21. The minimum absolute atomic E-state index is 0.406. The third-order valence-electron chi connectivity index (χ3n) is 10.0. The van der Waals surface area contributed by atoms with Crippen molar-refractivity contribution in [3.05, 3.63) is 215 Å². The molecule has 0 atom stereocenters. The molecule has 0 saturated carbocycles. The van der Waals surface area contributed by atoms with Crippen molar-refractivity contribution >= 4 is 0 Å². The van der Waals surface area contributed by atoms with Gasteiger partial charge in [-0.15, -0.1) is 0 Å². The summed E-state index contributed by atoms with van der Waals surface area (Å²) in [5.74, 6) is 0. The summed E-state index contributed by atoms with van der Waals surface area (Å²) < 4.78 is 0. The molecule has 0 aliphatic rings. The summed E-state index contributed by atoms with van der Waals surface area (Å²) >= 11 is 0. The van der Waals surface area contributed by atoms with Crippen molar-refractivity contribution in [1.29, 1.82) is 0 Å². The van der Waals surface area contributed by atoms with Crippen LogP contribution >= 0.6 is 0 Å². The van der Waals surface area contributed by atoms with Gasteiger partial charge in [0.25, 0.3) is 0 Å². The fraction of sp³-hybridized carbons (Fsp3) is 0.250. The zero-order valence-corrected chi connectivity index (χ0v) is 30.4. The topological polar surface area (TPSA) is 48.1 Å². The molecule has 4 nitrogen and oxygen atoms in total. The predicted octanol–water partition coefficient (Wildman–Crippen LogP) is 8.89. The van der Waals surface area contributed by atoms with Gasteiger partial charge in [-0.05, 0) is 98.3 Å². The quantitative estimate of drug-likeness (QED) is 0.0452. The van der Waals surface area contributed by atoms with Crippen LogP contribution < -0.4 is 21.3 Å². The second kappa shape index (κ2) is 19.7. The van der Waals surface area contributed by atoms with E-state index in [1.54, 1.807) is 0 Å². The number of unbranched alkanes of at least 4 members (excludes halogenated alkanes) is 1. The molecule has 0 unspecified atom stereocenters. The van der Waals surface area contributed by atoms with Crippen LogP contribution in [0.4, 0.5) is 0 Å². The smallest absolute Gasteiger partial charge is 0.0947 e. The molecule has 4 heteroatoms. The van der Waals surface area contributed by atoms with Gasteiger partial charge in [0.05, 0.1) is 11.1 Å². The van der Waals surface area contributed by atoms with E-state index in [-0.39, 0.29) is 0 Å². The molecule has 0 aliphatic heterocycles. The molecule has 0 aromatic heterocycles. The lowest BCUT2D eigenvalue weighted by molar-refractivity contribution is 0.454. The van der Waals surface area contributed by atoms with Gasteiger partial charge in [0.15, 0.2) is 0 Å². The Morgan fingerprint density at radius 3 is 0.692 bits per heavy atom. The zero-order chi connectivity index (χ0) is 35.6. The molecule has 0 bridgehead atoms. The number of nitrogens with one attached hydrogen (secondary N) is 4. The Morgan fingerprint density at radius 2 is 0.462 bits per heavy atom. The van der Waals surface area contributed by atoms with E-state index >= 15 is 0 Å². The lowest BCUT2D eigenvalue weighted by atomic mass is 9.77. The molecule has 0 heterocycles. The molecule has 52 heavy (non-hydrogen) atoms. The molecule has 0 radical (unpaired) electrons. The van der Waals surface area contributed by atoms with Crippen LogP contribution in [0.5, 0.6) is 0 Å². The summed E-state index contributed by atoms with van der Waals surface area (Å²) in [7, 11) is 0.